The van der Waals surface area contributed by atoms with Gasteiger partial charge in [-0.2, -0.15) is 14.6 Å². The average molecular weight is 179 g/mol. The summed E-state index contributed by atoms with van der Waals surface area (Å²) in [6.07, 6.45) is 0. The van der Waals surface area contributed by atoms with Gasteiger partial charge in [-0.05, 0) is 13.8 Å². The van der Waals surface area contributed by atoms with Gasteiger partial charge < -0.3 is 0 Å². The molecule has 0 aliphatic heterocycles. The Labute approximate surface area is 73.8 Å². The summed E-state index contributed by atoms with van der Waals surface area (Å²) in [7, 11) is 1.73. The van der Waals surface area contributed by atoms with Gasteiger partial charge in [0.25, 0.3) is 11.3 Å². The Morgan fingerprint density at radius 3 is 2.62 bits per heavy atom. The molecule has 0 saturated heterocycles. The molecule has 0 saturated carbocycles. The highest BCUT2D eigenvalue weighted by atomic mass is 16.1. The van der Waals surface area contributed by atoms with Crippen molar-refractivity contribution in [1.29, 1.82) is 0 Å². The Kier molecular flexibility index (Phi) is 1.45. The topological polar surface area (TPSA) is 65.1 Å². The van der Waals surface area contributed by atoms with Crippen LogP contribution in [0.1, 0.15) is 11.5 Å². The molecule has 0 amide bonds. The fourth-order valence-electron chi connectivity index (χ4n) is 1.22. The van der Waals surface area contributed by atoms with E-state index in [1.165, 1.54) is 9.20 Å². The predicted molar refractivity (Wildman–Crippen MR) is 45.5 cm³/mol. The van der Waals surface area contributed by atoms with E-state index in [9.17, 15) is 4.79 Å². The first-order valence-electron chi connectivity index (χ1n) is 3.87. The summed E-state index contributed by atoms with van der Waals surface area (Å²) >= 11 is 0. The van der Waals surface area contributed by atoms with Crippen LogP contribution in [0.4, 0.5) is 0 Å². The molecule has 6 nitrogen and oxygen atoms in total. The second-order valence-electron chi connectivity index (χ2n) is 2.88. The van der Waals surface area contributed by atoms with E-state index in [1.807, 2.05) is 0 Å². The zero-order chi connectivity index (χ0) is 9.59. The fraction of sp³-hybridized carbons (Fsp3) is 0.429. The molecule has 2 aromatic heterocycles. The molecule has 0 unspecified atom stereocenters. The van der Waals surface area contributed by atoms with Crippen molar-refractivity contribution in [1.82, 2.24) is 24.4 Å². The second-order valence-corrected chi connectivity index (χ2v) is 2.88. The smallest absolute Gasteiger partial charge is 0.265 e. The van der Waals surface area contributed by atoms with Crippen molar-refractivity contribution in [3.63, 3.8) is 0 Å². The van der Waals surface area contributed by atoms with Gasteiger partial charge in [-0.15, -0.1) is 5.10 Å². The van der Waals surface area contributed by atoms with Gasteiger partial charge in [-0.3, -0.25) is 4.79 Å². The summed E-state index contributed by atoms with van der Waals surface area (Å²) < 4.78 is 2.80. The third-order valence-corrected chi connectivity index (χ3v) is 1.79. The number of nitrogens with zero attached hydrogens (tertiary/aromatic N) is 5. The molecule has 13 heavy (non-hydrogen) atoms. The van der Waals surface area contributed by atoms with Crippen molar-refractivity contribution in [3.8, 4) is 0 Å². The first-order chi connectivity index (χ1) is 6.09. The molecule has 6 heteroatoms. The number of hydrogen-bond acceptors (Lipinski definition) is 4. The zero-order valence-corrected chi connectivity index (χ0v) is 7.64. The highest BCUT2D eigenvalue weighted by molar-refractivity contribution is 5.25. The molecule has 2 heterocycles. The Morgan fingerprint density at radius 1 is 1.23 bits per heavy atom. The van der Waals surface area contributed by atoms with Gasteiger partial charge in [0.15, 0.2) is 0 Å². The SMILES string of the molecule is Cc1nc2n(C)nc(C)c(=O)n2n1. The number of hydrogen-bond donors (Lipinski definition) is 0. The summed E-state index contributed by atoms with van der Waals surface area (Å²) in [6.45, 7) is 3.39. The van der Waals surface area contributed by atoms with E-state index in [1.54, 1.807) is 20.9 Å². The van der Waals surface area contributed by atoms with Crippen LogP contribution in [-0.4, -0.2) is 24.4 Å². The van der Waals surface area contributed by atoms with Crippen molar-refractivity contribution in [2.24, 2.45) is 7.05 Å². The Hall–Kier alpha value is -1.72. The lowest BCUT2D eigenvalue weighted by Gasteiger charge is -1.98. The molecule has 2 aromatic rings. The van der Waals surface area contributed by atoms with Crippen molar-refractivity contribution >= 4 is 5.78 Å². The standard InChI is InChI=1S/C7H9N5O/c1-4-6(13)12-7(11(3)9-4)8-5(2)10-12/h1-3H3. The molecule has 0 aliphatic carbocycles. The second kappa shape index (κ2) is 2.38. The lowest BCUT2D eigenvalue weighted by molar-refractivity contribution is 0.684. The van der Waals surface area contributed by atoms with Gasteiger partial charge in [0.2, 0.25) is 0 Å². The van der Waals surface area contributed by atoms with Crippen molar-refractivity contribution < 1.29 is 0 Å². The maximum atomic E-state index is 11.5. The van der Waals surface area contributed by atoms with Gasteiger partial charge in [0, 0.05) is 7.05 Å². The summed E-state index contributed by atoms with van der Waals surface area (Å²) in [6, 6.07) is 0. The Morgan fingerprint density at radius 2 is 1.92 bits per heavy atom. The zero-order valence-electron chi connectivity index (χ0n) is 7.64. The van der Waals surface area contributed by atoms with E-state index in [0.29, 0.717) is 17.3 Å². The molecule has 0 aromatic carbocycles. The first kappa shape index (κ1) is 7.90. The molecular formula is C7H9N5O. The average Bonchev–Trinajstić information content (AvgIpc) is 2.44. The highest BCUT2D eigenvalue weighted by Crippen LogP contribution is 1.94. The maximum Gasteiger partial charge on any atom is 0.297 e. The predicted octanol–water partition coefficient (Wildman–Crippen LogP) is -0.560. The van der Waals surface area contributed by atoms with Crippen LogP contribution < -0.4 is 5.56 Å². The van der Waals surface area contributed by atoms with E-state index in [4.69, 9.17) is 0 Å². The molecular weight excluding hydrogens is 170 g/mol. The number of aromatic nitrogens is 5. The first-order valence-corrected chi connectivity index (χ1v) is 3.87. The molecule has 68 valence electrons. The van der Waals surface area contributed by atoms with Crippen LogP contribution >= 0.6 is 0 Å². The van der Waals surface area contributed by atoms with Crippen LogP contribution in [0, 0.1) is 13.8 Å². The largest absolute Gasteiger partial charge is 0.297 e. The van der Waals surface area contributed by atoms with Crippen LogP contribution in [0.25, 0.3) is 5.78 Å². The summed E-state index contributed by atoms with van der Waals surface area (Å²) in [4.78, 5) is 15.5. The van der Waals surface area contributed by atoms with Gasteiger partial charge in [0.1, 0.15) is 11.5 Å². The van der Waals surface area contributed by atoms with E-state index in [-0.39, 0.29) is 5.56 Å². The van der Waals surface area contributed by atoms with E-state index in [0.717, 1.165) is 0 Å². The Bertz CT molecular complexity index is 523. The fourth-order valence-corrected chi connectivity index (χ4v) is 1.22. The van der Waals surface area contributed by atoms with Crippen LogP contribution in [0.15, 0.2) is 4.79 Å². The molecule has 0 spiro atoms. The third-order valence-electron chi connectivity index (χ3n) is 1.79. The quantitative estimate of drug-likeness (QED) is 0.543. The minimum atomic E-state index is -0.214. The lowest BCUT2D eigenvalue weighted by Crippen LogP contribution is -2.23. The molecule has 0 aliphatic rings. The van der Waals surface area contributed by atoms with Crippen LogP contribution in [-0.2, 0) is 7.05 Å². The van der Waals surface area contributed by atoms with Crippen LogP contribution in [0.2, 0.25) is 0 Å². The molecule has 0 bridgehead atoms. The van der Waals surface area contributed by atoms with Crippen LogP contribution in [0.3, 0.4) is 0 Å². The highest BCUT2D eigenvalue weighted by Gasteiger charge is 2.08. The van der Waals surface area contributed by atoms with Gasteiger partial charge in [0.05, 0.1) is 0 Å². The molecule has 0 atom stereocenters. The van der Waals surface area contributed by atoms with Gasteiger partial charge in [-0.25, -0.2) is 4.68 Å². The summed E-state index contributed by atoms with van der Waals surface area (Å²) in [5, 5.41) is 7.96. The third kappa shape index (κ3) is 1.02. The summed E-state index contributed by atoms with van der Waals surface area (Å²) in [5.74, 6) is 1.04. The normalized spacial score (nSPS) is 11.0. The molecule has 2 rings (SSSR count). The van der Waals surface area contributed by atoms with Crippen molar-refractivity contribution in [2.45, 2.75) is 13.8 Å². The van der Waals surface area contributed by atoms with E-state index >= 15 is 0 Å². The van der Waals surface area contributed by atoms with Gasteiger partial charge >= 0.3 is 0 Å². The molecule has 0 fully saturated rings. The summed E-state index contributed by atoms with van der Waals surface area (Å²) in [5.41, 5.74) is 0.202. The minimum Gasteiger partial charge on any atom is -0.265 e. The number of fused-ring (bicyclic) bond motifs is 1. The number of aryl methyl sites for hydroxylation is 3. The lowest BCUT2D eigenvalue weighted by atomic mass is 10.5. The van der Waals surface area contributed by atoms with E-state index in [2.05, 4.69) is 15.2 Å². The molecule has 0 radical (unpaired) electrons. The van der Waals surface area contributed by atoms with Crippen molar-refractivity contribution in [3.05, 3.63) is 21.9 Å². The minimum absolute atomic E-state index is 0.214. The molecule has 0 N–H and O–H groups in total. The van der Waals surface area contributed by atoms with Gasteiger partial charge in [-0.1, -0.05) is 0 Å². The van der Waals surface area contributed by atoms with E-state index < -0.39 is 0 Å². The Balaban J connectivity index is 3.04. The maximum absolute atomic E-state index is 11.5. The van der Waals surface area contributed by atoms with Crippen molar-refractivity contribution in [2.75, 3.05) is 0 Å². The van der Waals surface area contributed by atoms with Crippen LogP contribution in [0.5, 0.6) is 0 Å². The monoisotopic (exact) mass is 179 g/mol. The number of rotatable bonds is 0.